The predicted molar refractivity (Wildman–Crippen MR) is 111 cm³/mol. The summed E-state index contributed by atoms with van der Waals surface area (Å²) in [6, 6.07) is 14.5. The van der Waals surface area contributed by atoms with Crippen LogP contribution in [0.5, 0.6) is 11.5 Å². The molecule has 0 aliphatic heterocycles. The summed E-state index contributed by atoms with van der Waals surface area (Å²) < 4.78 is 12.4. The Morgan fingerprint density at radius 3 is 2.62 bits per heavy atom. The second-order valence-electron chi connectivity index (χ2n) is 6.44. The van der Waals surface area contributed by atoms with E-state index in [0.29, 0.717) is 28.5 Å². The second-order valence-corrected chi connectivity index (χ2v) is 6.44. The van der Waals surface area contributed by atoms with E-state index in [1.54, 1.807) is 31.5 Å². The van der Waals surface area contributed by atoms with E-state index in [-0.39, 0.29) is 5.91 Å². The van der Waals surface area contributed by atoms with Crippen LogP contribution in [-0.2, 0) is 0 Å². The number of amides is 1. The van der Waals surface area contributed by atoms with E-state index in [2.05, 4.69) is 15.3 Å². The van der Waals surface area contributed by atoms with Crippen LogP contribution in [-0.4, -0.2) is 34.5 Å². The molecule has 0 fully saturated rings. The third-order valence-corrected chi connectivity index (χ3v) is 4.68. The fourth-order valence-corrected chi connectivity index (χ4v) is 3.20. The highest BCUT2D eigenvalue weighted by Gasteiger charge is 2.14. The number of carbonyl (C=O) groups excluding carboxylic acids is 1. The molecule has 1 N–H and O–H groups in total. The van der Waals surface area contributed by atoms with E-state index >= 15 is 0 Å². The number of imidazole rings is 1. The maximum Gasteiger partial charge on any atom is 0.255 e. The number of nitrogens with zero attached hydrogens (tertiary/aromatic N) is 3. The zero-order valence-electron chi connectivity index (χ0n) is 16.3. The molecule has 2 aromatic heterocycles. The molecular formula is C22H20N4O3. The SMILES string of the molecule is COc1ccc(C(=O)Nc2cccc(-c3nc4ncccn4c3C)c2)cc1OC. The van der Waals surface area contributed by atoms with Crippen molar-refractivity contribution < 1.29 is 14.3 Å². The average Bonchev–Trinajstić information content (AvgIpc) is 3.10. The van der Waals surface area contributed by atoms with Crippen molar-refractivity contribution in [1.82, 2.24) is 14.4 Å². The topological polar surface area (TPSA) is 77.8 Å². The van der Waals surface area contributed by atoms with E-state index in [1.807, 2.05) is 47.9 Å². The lowest BCUT2D eigenvalue weighted by Gasteiger charge is -2.10. The minimum Gasteiger partial charge on any atom is -0.493 e. The molecule has 4 aromatic rings. The second kappa shape index (κ2) is 7.63. The van der Waals surface area contributed by atoms with Crippen molar-refractivity contribution in [2.75, 3.05) is 19.5 Å². The number of methoxy groups -OCH3 is 2. The van der Waals surface area contributed by atoms with Crippen molar-refractivity contribution >= 4 is 17.4 Å². The number of carbonyl (C=O) groups is 1. The Hall–Kier alpha value is -3.87. The summed E-state index contributed by atoms with van der Waals surface area (Å²) in [5.41, 5.74) is 3.85. The molecule has 29 heavy (non-hydrogen) atoms. The van der Waals surface area contributed by atoms with Crippen LogP contribution in [0.1, 0.15) is 16.1 Å². The van der Waals surface area contributed by atoms with Crippen molar-refractivity contribution in [3.63, 3.8) is 0 Å². The molecule has 2 heterocycles. The zero-order chi connectivity index (χ0) is 20.4. The molecule has 7 heteroatoms. The Morgan fingerprint density at radius 2 is 1.86 bits per heavy atom. The molecule has 0 bridgehead atoms. The third-order valence-electron chi connectivity index (χ3n) is 4.68. The van der Waals surface area contributed by atoms with Gasteiger partial charge in [0.1, 0.15) is 0 Å². The highest BCUT2D eigenvalue weighted by molar-refractivity contribution is 6.05. The van der Waals surface area contributed by atoms with Gasteiger partial charge >= 0.3 is 0 Å². The van der Waals surface area contributed by atoms with Crippen molar-refractivity contribution in [1.29, 1.82) is 0 Å². The Morgan fingerprint density at radius 1 is 1.03 bits per heavy atom. The number of hydrogen-bond acceptors (Lipinski definition) is 5. The Bertz CT molecular complexity index is 1200. The van der Waals surface area contributed by atoms with Crippen LogP contribution in [0.25, 0.3) is 17.0 Å². The smallest absolute Gasteiger partial charge is 0.255 e. The molecule has 146 valence electrons. The van der Waals surface area contributed by atoms with Gasteiger partial charge in [-0.3, -0.25) is 9.20 Å². The highest BCUT2D eigenvalue weighted by atomic mass is 16.5. The van der Waals surface area contributed by atoms with Crippen molar-refractivity contribution in [2.45, 2.75) is 6.92 Å². The third kappa shape index (κ3) is 3.50. The van der Waals surface area contributed by atoms with Gasteiger partial charge in [0.25, 0.3) is 5.91 Å². The molecule has 0 aliphatic carbocycles. The van der Waals surface area contributed by atoms with Gasteiger partial charge in [-0.1, -0.05) is 12.1 Å². The average molecular weight is 388 g/mol. The molecule has 0 radical (unpaired) electrons. The summed E-state index contributed by atoms with van der Waals surface area (Å²) in [6.07, 6.45) is 3.64. The molecule has 0 aliphatic rings. The molecule has 0 unspecified atom stereocenters. The van der Waals surface area contributed by atoms with Crippen LogP contribution >= 0.6 is 0 Å². The largest absolute Gasteiger partial charge is 0.493 e. The molecule has 0 atom stereocenters. The van der Waals surface area contributed by atoms with Gasteiger partial charge in [-0.25, -0.2) is 9.97 Å². The maximum atomic E-state index is 12.7. The van der Waals surface area contributed by atoms with Crippen LogP contribution < -0.4 is 14.8 Å². The first kappa shape index (κ1) is 18.5. The van der Waals surface area contributed by atoms with Gasteiger partial charge in [0.15, 0.2) is 11.5 Å². The number of nitrogens with one attached hydrogen (secondary N) is 1. The van der Waals surface area contributed by atoms with Gasteiger partial charge < -0.3 is 14.8 Å². The first-order valence-electron chi connectivity index (χ1n) is 9.04. The monoisotopic (exact) mass is 388 g/mol. The molecule has 0 saturated carbocycles. The van der Waals surface area contributed by atoms with Gasteiger partial charge in [-0.05, 0) is 43.3 Å². The summed E-state index contributed by atoms with van der Waals surface area (Å²) in [4.78, 5) is 21.6. The van der Waals surface area contributed by atoms with Crippen LogP contribution in [0.3, 0.4) is 0 Å². The quantitative estimate of drug-likeness (QED) is 0.560. The van der Waals surface area contributed by atoms with E-state index < -0.39 is 0 Å². The number of fused-ring (bicyclic) bond motifs is 1. The Kier molecular flexibility index (Phi) is 4.87. The van der Waals surface area contributed by atoms with E-state index in [0.717, 1.165) is 17.0 Å². The number of ether oxygens (including phenoxy) is 2. The zero-order valence-corrected chi connectivity index (χ0v) is 16.3. The van der Waals surface area contributed by atoms with Gasteiger partial charge in [0, 0.05) is 34.9 Å². The summed E-state index contributed by atoms with van der Waals surface area (Å²) >= 11 is 0. The first-order valence-corrected chi connectivity index (χ1v) is 9.04. The molecule has 2 aromatic carbocycles. The number of anilines is 1. The number of benzene rings is 2. The molecule has 0 spiro atoms. The molecule has 0 saturated heterocycles. The van der Waals surface area contributed by atoms with Gasteiger partial charge in [0.2, 0.25) is 5.78 Å². The number of aromatic nitrogens is 3. The summed E-state index contributed by atoms with van der Waals surface area (Å²) in [6.45, 7) is 1.99. The molecule has 1 amide bonds. The van der Waals surface area contributed by atoms with Crippen LogP contribution in [0.2, 0.25) is 0 Å². The van der Waals surface area contributed by atoms with Gasteiger partial charge in [-0.2, -0.15) is 0 Å². The van der Waals surface area contributed by atoms with Gasteiger partial charge in [-0.15, -0.1) is 0 Å². The molecular weight excluding hydrogens is 368 g/mol. The number of rotatable bonds is 5. The Labute approximate surface area is 168 Å². The first-order chi connectivity index (χ1) is 14.1. The fourth-order valence-electron chi connectivity index (χ4n) is 3.20. The summed E-state index contributed by atoms with van der Waals surface area (Å²) in [5, 5.41) is 2.92. The molecule has 4 rings (SSSR count). The highest BCUT2D eigenvalue weighted by Crippen LogP contribution is 2.29. The summed E-state index contributed by atoms with van der Waals surface area (Å²) in [7, 11) is 3.09. The van der Waals surface area contributed by atoms with E-state index in [9.17, 15) is 4.79 Å². The normalized spacial score (nSPS) is 10.7. The lowest BCUT2D eigenvalue weighted by atomic mass is 10.1. The van der Waals surface area contributed by atoms with Crippen LogP contribution in [0.4, 0.5) is 5.69 Å². The standard InChI is InChI=1S/C22H20N4O3/c1-14-20(25-22-23-10-5-11-26(14)22)15-6-4-7-17(12-15)24-21(27)16-8-9-18(28-2)19(13-16)29-3/h4-13H,1-3H3,(H,24,27). The maximum absolute atomic E-state index is 12.7. The predicted octanol–water partition coefficient (Wildman–Crippen LogP) is 3.97. The lowest BCUT2D eigenvalue weighted by molar-refractivity contribution is 0.102. The van der Waals surface area contributed by atoms with E-state index in [1.165, 1.54) is 7.11 Å². The molecule has 7 nitrogen and oxygen atoms in total. The van der Waals surface area contributed by atoms with Crippen LogP contribution in [0, 0.1) is 6.92 Å². The van der Waals surface area contributed by atoms with Gasteiger partial charge in [0.05, 0.1) is 19.9 Å². The number of hydrogen-bond donors (Lipinski definition) is 1. The van der Waals surface area contributed by atoms with Crippen molar-refractivity contribution in [3.8, 4) is 22.8 Å². The number of aryl methyl sites for hydroxylation is 1. The minimum absolute atomic E-state index is 0.239. The summed E-state index contributed by atoms with van der Waals surface area (Å²) in [5.74, 6) is 1.47. The van der Waals surface area contributed by atoms with Crippen molar-refractivity contribution in [2.24, 2.45) is 0 Å². The van der Waals surface area contributed by atoms with E-state index in [4.69, 9.17) is 9.47 Å². The van der Waals surface area contributed by atoms with Crippen LogP contribution in [0.15, 0.2) is 60.9 Å². The fraction of sp³-hybridized carbons (Fsp3) is 0.136. The minimum atomic E-state index is -0.239. The Balaban J connectivity index is 1.62. The van der Waals surface area contributed by atoms with Crippen molar-refractivity contribution in [3.05, 3.63) is 72.2 Å². The lowest BCUT2D eigenvalue weighted by Crippen LogP contribution is -2.12.